The summed E-state index contributed by atoms with van der Waals surface area (Å²) in [6, 6.07) is 21.9. The Morgan fingerprint density at radius 3 is 2.18 bits per heavy atom. The Balaban J connectivity index is 1.62. The molecule has 140 valence electrons. The van der Waals surface area contributed by atoms with Crippen molar-refractivity contribution in [3.05, 3.63) is 100 Å². The summed E-state index contributed by atoms with van der Waals surface area (Å²) in [7, 11) is 0. The van der Waals surface area contributed by atoms with Crippen molar-refractivity contribution < 1.29 is 19.1 Å². The summed E-state index contributed by atoms with van der Waals surface area (Å²) in [6.07, 6.45) is 0. The number of esters is 1. The molecule has 0 atom stereocenters. The Bertz CT molecular complexity index is 1000. The molecule has 6 heteroatoms. The SMILES string of the molecule is O=C(COC(=O)c1cccc(NC(=O)c2ccc(Br)cc2)c1)c1ccccc1. The van der Waals surface area contributed by atoms with Crippen LogP contribution in [0.4, 0.5) is 5.69 Å². The molecule has 1 N–H and O–H groups in total. The van der Waals surface area contributed by atoms with Crippen LogP contribution < -0.4 is 5.32 Å². The summed E-state index contributed by atoms with van der Waals surface area (Å²) >= 11 is 3.32. The van der Waals surface area contributed by atoms with E-state index in [1.54, 1.807) is 72.8 Å². The lowest BCUT2D eigenvalue weighted by Crippen LogP contribution is -2.15. The molecule has 1 amide bonds. The van der Waals surface area contributed by atoms with Crippen LogP contribution in [0.5, 0.6) is 0 Å². The van der Waals surface area contributed by atoms with Gasteiger partial charge in [0.25, 0.3) is 5.91 Å². The summed E-state index contributed by atoms with van der Waals surface area (Å²) in [5, 5.41) is 2.73. The largest absolute Gasteiger partial charge is 0.454 e. The molecular formula is C22H16BrNO4. The van der Waals surface area contributed by atoms with Crippen LogP contribution in [-0.2, 0) is 4.74 Å². The highest BCUT2D eigenvalue weighted by Gasteiger charge is 2.13. The van der Waals surface area contributed by atoms with Gasteiger partial charge >= 0.3 is 5.97 Å². The molecule has 0 bridgehead atoms. The lowest BCUT2D eigenvalue weighted by atomic mass is 10.1. The predicted octanol–water partition coefficient (Wildman–Crippen LogP) is 4.74. The van der Waals surface area contributed by atoms with E-state index in [0.29, 0.717) is 16.8 Å². The molecule has 5 nitrogen and oxygen atoms in total. The molecule has 0 saturated heterocycles. The van der Waals surface area contributed by atoms with Crippen LogP contribution in [-0.4, -0.2) is 24.3 Å². The smallest absolute Gasteiger partial charge is 0.338 e. The van der Waals surface area contributed by atoms with Crippen molar-refractivity contribution >= 4 is 39.3 Å². The highest BCUT2D eigenvalue weighted by atomic mass is 79.9. The lowest BCUT2D eigenvalue weighted by Gasteiger charge is -2.08. The summed E-state index contributed by atoms with van der Waals surface area (Å²) in [5.74, 6) is -1.21. The van der Waals surface area contributed by atoms with Gasteiger partial charge in [-0.1, -0.05) is 52.3 Å². The second-order valence-corrected chi connectivity index (χ2v) is 6.82. The number of Topliss-reactive ketones (excluding diaryl/α,β-unsaturated/α-hetero) is 1. The summed E-state index contributed by atoms with van der Waals surface area (Å²) < 4.78 is 5.97. The quantitative estimate of drug-likeness (QED) is 0.446. The first kappa shape index (κ1) is 19.5. The first-order valence-electron chi connectivity index (χ1n) is 8.45. The van der Waals surface area contributed by atoms with E-state index in [9.17, 15) is 14.4 Å². The molecule has 0 aliphatic rings. The van der Waals surface area contributed by atoms with Crippen molar-refractivity contribution in [3.63, 3.8) is 0 Å². The van der Waals surface area contributed by atoms with Crippen LogP contribution in [0.15, 0.2) is 83.3 Å². The molecule has 28 heavy (non-hydrogen) atoms. The molecule has 0 radical (unpaired) electrons. The minimum atomic E-state index is -0.635. The molecule has 0 heterocycles. The van der Waals surface area contributed by atoms with Crippen molar-refractivity contribution in [1.29, 1.82) is 0 Å². The van der Waals surface area contributed by atoms with Crippen molar-refractivity contribution in [2.75, 3.05) is 11.9 Å². The average molecular weight is 438 g/mol. The number of carbonyl (C=O) groups excluding carboxylic acids is 3. The molecule has 0 fully saturated rings. The minimum Gasteiger partial charge on any atom is -0.454 e. The second kappa shape index (κ2) is 9.10. The van der Waals surface area contributed by atoms with E-state index in [1.807, 2.05) is 0 Å². The summed E-state index contributed by atoms with van der Waals surface area (Å²) in [4.78, 5) is 36.6. The van der Waals surface area contributed by atoms with Crippen molar-refractivity contribution in [2.45, 2.75) is 0 Å². The number of hydrogen-bond acceptors (Lipinski definition) is 4. The monoisotopic (exact) mass is 437 g/mol. The molecule has 0 aliphatic heterocycles. The molecule has 3 aromatic rings. The molecular weight excluding hydrogens is 422 g/mol. The third kappa shape index (κ3) is 5.14. The fourth-order valence-electron chi connectivity index (χ4n) is 2.45. The summed E-state index contributed by atoms with van der Waals surface area (Å²) in [5.41, 5.74) is 1.67. The van der Waals surface area contributed by atoms with Crippen LogP contribution in [0, 0.1) is 0 Å². The maximum absolute atomic E-state index is 12.3. The molecule has 0 unspecified atom stereocenters. The van der Waals surface area contributed by atoms with E-state index in [4.69, 9.17) is 4.74 Å². The number of halogens is 1. The first-order valence-corrected chi connectivity index (χ1v) is 9.24. The molecule has 0 aromatic heterocycles. The fourth-order valence-corrected chi connectivity index (χ4v) is 2.71. The van der Waals surface area contributed by atoms with Crippen LogP contribution in [0.2, 0.25) is 0 Å². The van der Waals surface area contributed by atoms with Crippen LogP contribution in [0.25, 0.3) is 0 Å². The van der Waals surface area contributed by atoms with Crippen molar-refractivity contribution in [3.8, 4) is 0 Å². The first-order chi connectivity index (χ1) is 13.5. The van der Waals surface area contributed by atoms with Gasteiger partial charge in [0, 0.05) is 21.3 Å². The van der Waals surface area contributed by atoms with Gasteiger partial charge in [-0.2, -0.15) is 0 Å². The highest BCUT2D eigenvalue weighted by molar-refractivity contribution is 9.10. The van der Waals surface area contributed by atoms with Gasteiger partial charge in [0.1, 0.15) is 0 Å². The second-order valence-electron chi connectivity index (χ2n) is 5.91. The van der Waals surface area contributed by atoms with E-state index in [1.165, 1.54) is 6.07 Å². The van der Waals surface area contributed by atoms with Crippen LogP contribution in [0.3, 0.4) is 0 Å². The number of benzene rings is 3. The van der Waals surface area contributed by atoms with Gasteiger partial charge in [0.05, 0.1) is 5.56 Å². The maximum Gasteiger partial charge on any atom is 0.338 e. The molecule has 0 spiro atoms. The minimum absolute atomic E-state index is 0.245. The number of carbonyl (C=O) groups is 3. The molecule has 3 aromatic carbocycles. The molecule has 0 saturated carbocycles. The molecule has 3 rings (SSSR count). The topological polar surface area (TPSA) is 72.5 Å². The maximum atomic E-state index is 12.3. The number of rotatable bonds is 6. The van der Waals surface area contributed by atoms with Gasteiger partial charge in [-0.05, 0) is 42.5 Å². The van der Waals surface area contributed by atoms with Gasteiger partial charge < -0.3 is 10.1 Å². The fraction of sp³-hybridized carbons (Fsp3) is 0.0455. The zero-order valence-electron chi connectivity index (χ0n) is 14.7. The van der Waals surface area contributed by atoms with E-state index in [0.717, 1.165) is 4.47 Å². The van der Waals surface area contributed by atoms with Gasteiger partial charge in [0.2, 0.25) is 0 Å². The summed E-state index contributed by atoms with van der Waals surface area (Å²) in [6.45, 7) is -0.349. The highest BCUT2D eigenvalue weighted by Crippen LogP contribution is 2.15. The number of amides is 1. The molecule has 0 aliphatic carbocycles. The normalized spacial score (nSPS) is 10.2. The third-order valence-electron chi connectivity index (χ3n) is 3.89. The number of ether oxygens (including phenoxy) is 1. The van der Waals surface area contributed by atoms with E-state index in [-0.39, 0.29) is 23.9 Å². The van der Waals surface area contributed by atoms with E-state index < -0.39 is 5.97 Å². The van der Waals surface area contributed by atoms with Crippen molar-refractivity contribution in [2.24, 2.45) is 0 Å². The Kier molecular flexibility index (Phi) is 6.34. The van der Waals surface area contributed by atoms with Crippen molar-refractivity contribution in [1.82, 2.24) is 0 Å². The Hall–Kier alpha value is -3.25. The van der Waals surface area contributed by atoms with E-state index in [2.05, 4.69) is 21.2 Å². The third-order valence-corrected chi connectivity index (χ3v) is 4.42. The number of anilines is 1. The van der Waals surface area contributed by atoms with Crippen LogP contribution in [0.1, 0.15) is 31.1 Å². The van der Waals surface area contributed by atoms with Gasteiger partial charge in [-0.3, -0.25) is 9.59 Å². The van der Waals surface area contributed by atoms with Gasteiger partial charge in [0.15, 0.2) is 12.4 Å². The number of nitrogens with one attached hydrogen (secondary N) is 1. The predicted molar refractivity (Wildman–Crippen MR) is 110 cm³/mol. The van der Waals surface area contributed by atoms with Crippen LogP contribution >= 0.6 is 15.9 Å². The Labute approximate surface area is 170 Å². The standard InChI is InChI=1S/C22H16BrNO4/c23-18-11-9-16(10-12-18)21(26)24-19-8-4-7-17(13-19)22(27)28-14-20(25)15-5-2-1-3-6-15/h1-13H,14H2,(H,24,26). The number of ketones is 1. The zero-order chi connectivity index (χ0) is 19.9. The van der Waals surface area contributed by atoms with E-state index >= 15 is 0 Å². The van der Waals surface area contributed by atoms with Gasteiger partial charge in [-0.25, -0.2) is 4.79 Å². The Morgan fingerprint density at radius 1 is 0.786 bits per heavy atom. The zero-order valence-corrected chi connectivity index (χ0v) is 16.3. The van der Waals surface area contributed by atoms with Gasteiger partial charge in [-0.15, -0.1) is 0 Å². The number of hydrogen-bond donors (Lipinski definition) is 1. The Morgan fingerprint density at radius 2 is 1.46 bits per heavy atom. The lowest BCUT2D eigenvalue weighted by molar-refractivity contribution is 0.0474. The average Bonchev–Trinajstić information content (AvgIpc) is 2.73.